The van der Waals surface area contributed by atoms with Crippen molar-refractivity contribution < 1.29 is 14.0 Å². The fraction of sp³-hybridized carbons (Fsp3) is 0.333. The summed E-state index contributed by atoms with van der Waals surface area (Å²) in [5.41, 5.74) is -0.368. The van der Waals surface area contributed by atoms with Gasteiger partial charge in [0.1, 0.15) is 5.76 Å². The van der Waals surface area contributed by atoms with Gasteiger partial charge in [-0.05, 0) is 26.0 Å². The van der Waals surface area contributed by atoms with Crippen LogP contribution in [0.5, 0.6) is 0 Å². The zero-order valence-electron chi connectivity index (χ0n) is 9.82. The summed E-state index contributed by atoms with van der Waals surface area (Å²) in [4.78, 5) is 25.1. The molecular weight excluding hydrogens is 220 g/mol. The third kappa shape index (κ3) is 1.73. The van der Waals surface area contributed by atoms with Gasteiger partial charge in [0, 0.05) is 0 Å². The summed E-state index contributed by atoms with van der Waals surface area (Å²) in [6.45, 7) is 7.32. The lowest BCUT2D eigenvalue weighted by Crippen LogP contribution is -2.40. The molecule has 1 aliphatic heterocycles. The van der Waals surface area contributed by atoms with Gasteiger partial charge in [0.05, 0.1) is 12.8 Å². The summed E-state index contributed by atoms with van der Waals surface area (Å²) >= 11 is 0. The molecule has 1 fully saturated rings. The van der Waals surface area contributed by atoms with E-state index in [1.165, 1.54) is 6.26 Å². The normalized spacial score (nSPS) is 24.0. The molecule has 1 aromatic rings. The Hall–Kier alpha value is -2.04. The van der Waals surface area contributed by atoms with Crippen molar-refractivity contribution in [3.8, 4) is 0 Å². The van der Waals surface area contributed by atoms with Gasteiger partial charge in [0.15, 0.2) is 5.54 Å². The third-order valence-corrected chi connectivity index (χ3v) is 2.72. The van der Waals surface area contributed by atoms with Crippen LogP contribution >= 0.6 is 0 Å². The summed E-state index contributed by atoms with van der Waals surface area (Å²) in [7, 11) is 0. The molecule has 1 aliphatic rings. The van der Waals surface area contributed by atoms with Crippen molar-refractivity contribution in [2.24, 2.45) is 0 Å². The van der Waals surface area contributed by atoms with Crippen LogP contribution in [0.15, 0.2) is 35.0 Å². The van der Waals surface area contributed by atoms with Crippen LogP contribution in [0.4, 0.5) is 4.79 Å². The molecule has 5 nitrogen and oxygen atoms in total. The lowest BCUT2D eigenvalue weighted by atomic mass is 9.99. The first-order valence-corrected chi connectivity index (χ1v) is 5.27. The summed E-state index contributed by atoms with van der Waals surface area (Å²) < 4.78 is 5.21. The fourth-order valence-electron chi connectivity index (χ4n) is 1.84. The molecule has 1 unspecified atom stereocenters. The van der Waals surface area contributed by atoms with Gasteiger partial charge in [0.25, 0.3) is 5.91 Å². The standard InChI is InChI=1S/C12H14N2O3/c1-8(2)7-14-10(15)12(3,13-11(14)16)9-5-4-6-17-9/h4-6H,1,7H2,2-3H3,(H,13,16). The molecule has 1 atom stereocenters. The molecule has 0 saturated carbocycles. The minimum absolute atomic E-state index is 0.223. The SMILES string of the molecule is C=C(C)CN1C(=O)NC(C)(c2ccco2)C1=O. The lowest BCUT2D eigenvalue weighted by molar-refractivity contribution is -0.131. The summed E-state index contributed by atoms with van der Waals surface area (Å²) in [6.07, 6.45) is 1.47. The van der Waals surface area contributed by atoms with Crippen molar-refractivity contribution in [3.63, 3.8) is 0 Å². The molecule has 0 aromatic carbocycles. The molecule has 90 valence electrons. The number of amides is 3. The first kappa shape index (κ1) is 11.4. The largest absolute Gasteiger partial charge is 0.466 e. The van der Waals surface area contributed by atoms with Crippen LogP contribution in [0.2, 0.25) is 0 Å². The lowest BCUT2D eigenvalue weighted by Gasteiger charge is -2.18. The summed E-state index contributed by atoms with van der Waals surface area (Å²) in [5, 5.41) is 2.64. The van der Waals surface area contributed by atoms with Gasteiger partial charge < -0.3 is 9.73 Å². The van der Waals surface area contributed by atoms with Gasteiger partial charge in [-0.25, -0.2) is 4.79 Å². The molecule has 0 bridgehead atoms. The number of hydrogen-bond acceptors (Lipinski definition) is 3. The number of nitrogens with one attached hydrogen (secondary N) is 1. The van der Waals surface area contributed by atoms with Gasteiger partial charge >= 0.3 is 6.03 Å². The second-order valence-electron chi connectivity index (χ2n) is 4.38. The Morgan fingerprint density at radius 1 is 1.59 bits per heavy atom. The highest BCUT2D eigenvalue weighted by Crippen LogP contribution is 2.29. The highest BCUT2D eigenvalue weighted by atomic mass is 16.3. The van der Waals surface area contributed by atoms with Crippen molar-refractivity contribution in [1.29, 1.82) is 0 Å². The van der Waals surface area contributed by atoms with Crippen LogP contribution in [0.1, 0.15) is 19.6 Å². The van der Waals surface area contributed by atoms with E-state index in [-0.39, 0.29) is 12.5 Å². The molecule has 3 amide bonds. The van der Waals surface area contributed by atoms with Crippen LogP contribution in [0.3, 0.4) is 0 Å². The van der Waals surface area contributed by atoms with Crippen LogP contribution in [0.25, 0.3) is 0 Å². The van der Waals surface area contributed by atoms with Crippen molar-refractivity contribution in [1.82, 2.24) is 10.2 Å². The van der Waals surface area contributed by atoms with E-state index >= 15 is 0 Å². The molecule has 17 heavy (non-hydrogen) atoms. The van der Waals surface area contributed by atoms with Crippen molar-refractivity contribution in [2.45, 2.75) is 19.4 Å². The smallest absolute Gasteiger partial charge is 0.325 e. The van der Waals surface area contributed by atoms with E-state index in [1.807, 2.05) is 0 Å². The average molecular weight is 234 g/mol. The molecule has 2 rings (SSSR count). The highest BCUT2D eigenvalue weighted by Gasteiger charge is 2.50. The number of urea groups is 1. The molecule has 0 spiro atoms. The molecule has 5 heteroatoms. The van der Waals surface area contributed by atoms with E-state index < -0.39 is 11.6 Å². The summed E-state index contributed by atoms with van der Waals surface area (Å²) in [6, 6.07) is 2.93. The van der Waals surface area contributed by atoms with E-state index in [0.717, 1.165) is 10.5 Å². The number of carbonyl (C=O) groups is 2. The molecule has 2 heterocycles. The van der Waals surface area contributed by atoms with Gasteiger partial charge in [-0.1, -0.05) is 12.2 Å². The zero-order chi connectivity index (χ0) is 12.6. The maximum atomic E-state index is 12.2. The Balaban J connectivity index is 2.32. The Kier molecular flexibility index (Phi) is 2.53. The van der Waals surface area contributed by atoms with Gasteiger partial charge in [0.2, 0.25) is 0 Å². The molecule has 0 radical (unpaired) electrons. The number of hydrogen-bond donors (Lipinski definition) is 1. The van der Waals surface area contributed by atoms with Crippen LogP contribution in [0, 0.1) is 0 Å². The van der Waals surface area contributed by atoms with Gasteiger partial charge in [-0.15, -0.1) is 0 Å². The number of rotatable bonds is 3. The van der Waals surface area contributed by atoms with Crippen LogP contribution in [-0.4, -0.2) is 23.4 Å². The van der Waals surface area contributed by atoms with E-state index in [0.29, 0.717) is 5.76 Å². The van der Waals surface area contributed by atoms with Crippen LogP contribution in [-0.2, 0) is 10.3 Å². The Bertz CT molecular complexity index is 478. The molecular formula is C12H14N2O3. The van der Waals surface area contributed by atoms with E-state index in [2.05, 4.69) is 11.9 Å². The topological polar surface area (TPSA) is 62.6 Å². The number of imide groups is 1. The zero-order valence-corrected chi connectivity index (χ0v) is 9.82. The minimum atomic E-state index is -1.12. The van der Waals surface area contributed by atoms with Gasteiger partial charge in [-0.3, -0.25) is 9.69 Å². The summed E-state index contributed by atoms with van der Waals surface area (Å²) in [5.74, 6) is 0.112. The minimum Gasteiger partial charge on any atom is -0.466 e. The number of nitrogens with zero attached hydrogens (tertiary/aromatic N) is 1. The Labute approximate surface area is 99.1 Å². The molecule has 1 saturated heterocycles. The second-order valence-corrected chi connectivity index (χ2v) is 4.38. The molecule has 1 N–H and O–H groups in total. The predicted octanol–water partition coefficient (Wildman–Crippen LogP) is 1.62. The highest BCUT2D eigenvalue weighted by molar-refractivity contribution is 6.07. The average Bonchev–Trinajstić information content (AvgIpc) is 2.83. The van der Waals surface area contributed by atoms with E-state index in [4.69, 9.17) is 4.42 Å². The van der Waals surface area contributed by atoms with Crippen LogP contribution < -0.4 is 5.32 Å². The van der Waals surface area contributed by atoms with Gasteiger partial charge in [-0.2, -0.15) is 0 Å². The van der Waals surface area contributed by atoms with Crippen molar-refractivity contribution in [3.05, 3.63) is 36.3 Å². The maximum absolute atomic E-state index is 12.2. The second kappa shape index (κ2) is 3.76. The maximum Gasteiger partial charge on any atom is 0.325 e. The molecule has 0 aliphatic carbocycles. The predicted molar refractivity (Wildman–Crippen MR) is 61.1 cm³/mol. The number of furan rings is 1. The van der Waals surface area contributed by atoms with Crippen molar-refractivity contribution in [2.75, 3.05) is 6.54 Å². The van der Waals surface area contributed by atoms with Crippen molar-refractivity contribution >= 4 is 11.9 Å². The third-order valence-electron chi connectivity index (χ3n) is 2.72. The van der Waals surface area contributed by atoms with E-state index in [1.54, 1.807) is 26.0 Å². The monoisotopic (exact) mass is 234 g/mol. The first-order chi connectivity index (χ1) is 7.95. The number of carbonyl (C=O) groups excluding carboxylic acids is 2. The quantitative estimate of drug-likeness (QED) is 0.638. The van der Waals surface area contributed by atoms with E-state index in [9.17, 15) is 9.59 Å². The Morgan fingerprint density at radius 3 is 2.82 bits per heavy atom. The fourth-order valence-corrected chi connectivity index (χ4v) is 1.84. The first-order valence-electron chi connectivity index (χ1n) is 5.27. The Morgan fingerprint density at radius 2 is 2.29 bits per heavy atom. The molecule has 1 aromatic heterocycles.